The monoisotopic (exact) mass is 333 g/mol. The molecule has 1 aliphatic carbocycles. The van der Waals surface area contributed by atoms with Crippen molar-refractivity contribution in [3.05, 3.63) is 16.5 Å². The van der Waals surface area contributed by atoms with E-state index in [0.717, 1.165) is 30.6 Å². The lowest BCUT2D eigenvalue weighted by Crippen LogP contribution is -2.44. The number of carboxylic acids is 1. The van der Waals surface area contributed by atoms with Crippen LogP contribution in [0, 0.1) is 6.92 Å². The highest BCUT2D eigenvalue weighted by Gasteiger charge is 2.31. The van der Waals surface area contributed by atoms with Gasteiger partial charge in [0.15, 0.2) is 0 Å². The van der Waals surface area contributed by atoms with Gasteiger partial charge in [0, 0.05) is 6.54 Å². The van der Waals surface area contributed by atoms with Crippen LogP contribution in [0.15, 0.2) is 10.3 Å². The van der Waals surface area contributed by atoms with Gasteiger partial charge in [-0.3, -0.25) is 0 Å². The molecule has 0 aromatic carbocycles. The number of sulfonamides is 1. The number of aromatic carboxylic acids is 1. The van der Waals surface area contributed by atoms with Crippen molar-refractivity contribution in [1.29, 1.82) is 0 Å². The van der Waals surface area contributed by atoms with Crippen molar-refractivity contribution in [3.63, 3.8) is 0 Å². The number of thiophene rings is 1. The second kappa shape index (κ2) is 6.04. The number of nitrogens with one attached hydrogen (secondary N) is 1. The minimum absolute atomic E-state index is 0.0201. The Morgan fingerprint density at radius 1 is 1.38 bits per heavy atom. The van der Waals surface area contributed by atoms with Gasteiger partial charge in [-0.25, -0.2) is 17.9 Å². The molecular formula is C13H19NO5S2. The largest absolute Gasteiger partial charge is 0.477 e. The van der Waals surface area contributed by atoms with Crippen LogP contribution in [0.1, 0.15) is 47.3 Å². The maximum atomic E-state index is 12.2. The Morgan fingerprint density at radius 2 is 2.00 bits per heavy atom. The Labute approximate surface area is 127 Å². The molecule has 1 aromatic rings. The molecule has 0 unspecified atom stereocenters. The smallest absolute Gasteiger partial charge is 0.346 e. The quantitative estimate of drug-likeness (QED) is 0.761. The lowest BCUT2D eigenvalue weighted by molar-refractivity contribution is 0.00946. The molecule has 0 amide bonds. The van der Waals surface area contributed by atoms with Crippen molar-refractivity contribution in [2.24, 2.45) is 0 Å². The van der Waals surface area contributed by atoms with Gasteiger partial charge in [0.1, 0.15) is 9.09 Å². The van der Waals surface area contributed by atoms with E-state index in [-0.39, 0.29) is 15.6 Å². The fourth-order valence-electron chi connectivity index (χ4n) is 2.48. The highest BCUT2D eigenvalue weighted by molar-refractivity contribution is 7.91. The second-order valence-electron chi connectivity index (χ2n) is 5.49. The maximum absolute atomic E-state index is 12.2. The van der Waals surface area contributed by atoms with E-state index < -0.39 is 21.6 Å². The third-order valence-corrected chi connectivity index (χ3v) is 6.83. The van der Waals surface area contributed by atoms with E-state index in [1.807, 2.05) is 0 Å². The molecule has 1 aliphatic rings. The summed E-state index contributed by atoms with van der Waals surface area (Å²) in [6, 6.07) is 1.35. The Balaban J connectivity index is 2.11. The molecule has 0 aliphatic heterocycles. The van der Waals surface area contributed by atoms with Gasteiger partial charge in [0.2, 0.25) is 10.0 Å². The molecular weight excluding hydrogens is 314 g/mol. The number of carboxylic acid groups (broad SMARTS) is 1. The van der Waals surface area contributed by atoms with E-state index in [1.54, 1.807) is 6.92 Å². The molecule has 8 heteroatoms. The first-order chi connectivity index (χ1) is 9.73. The van der Waals surface area contributed by atoms with Crippen LogP contribution in [0.4, 0.5) is 0 Å². The SMILES string of the molecule is Cc1cc(S(=O)(=O)NCC2(O)CCCCC2)sc1C(=O)O. The molecule has 1 fully saturated rings. The molecule has 0 radical (unpaired) electrons. The van der Waals surface area contributed by atoms with E-state index in [2.05, 4.69) is 4.72 Å². The zero-order chi connectivity index (χ0) is 15.7. The number of rotatable bonds is 5. The summed E-state index contributed by atoms with van der Waals surface area (Å²) in [7, 11) is -3.79. The van der Waals surface area contributed by atoms with Crippen molar-refractivity contribution in [2.45, 2.75) is 48.8 Å². The Hall–Kier alpha value is -0.960. The number of carbonyl (C=O) groups is 1. The standard InChI is InChI=1S/C13H19NO5S2/c1-9-7-10(20-11(9)12(15)16)21(18,19)14-8-13(17)5-3-2-4-6-13/h7,14,17H,2-6,8H2,1H3,(H,15,16). The molecule has 0 bridgehead atoms. The summed E-state index contributed by atoms with van der Waals surface area (Å²) in [5, 5.41) is 19.3. The van der Waals surface area contributed by atoms with Crippen LogP contribution >= 0.6 is 11.3 Å². The van der Waals surface area contributed by atoms with Gasteiger partial charge in [0.05, 0.1) is 5.60 Å². The van der Waals surface area contributed by atoms with Gasteiger partial charge in [-0.1, -0.05) is 19.3 Å². The van der Waals surface area contributed by atoms with Crippen molar-refractivity contribution in [1.82, 2.24) is 4.72 Å². The first kappa shape index (κ1) is 16.4. The minimum atomic E-state index is -3.79. The molecule has 1 aromatic heterocycles. The number of hydrogen-bond donors (Lipinski definition) is 3. The molecule has 6 nitrogen and oxygen atoms in total. The van der Waals surface area contributed by atoms with E-state index in [4.69, 9.17) is 5.11 Å². The summed E-state index contributed by atoms with van der Waals surface area (Å²) in [6.07, 6.45) is 4.00. The molecule has 0 atom stereocenters. The lowest BCUT2D eigenvalue weighted by Gasteiger charge is -2.31. The van der Waals surface area contributed by atoms with Crippen LogP contribution in [0.25, 0.3) is 0 Å². The topological polar surface area (TPSA) is 104 Å². The van der Waals surface area contributed by atoms with E-state index in [1.165, 1.54) is 6.07 Å². The third kappa shape index (κ3) is 3.82. The van der Waals surface area contributed by atoms with Gasteiger partial charge in [0.25, 0.3) is 0 Å². The van der Waals surface area contributed by atoms with Crippen molar-refractivity contribution < 1.29 is 23.4 Å². The molecule has 2 rings (SSSR count). The fourth-order valence-corrected chi connectivity index (χ4v) is 5.03. The number of aryl methyl sites for hydroxylation is 1. The van der Waals surface area contributed by atoms with Crippen molar-refractivity contribution in [3.8, 4) is 0 Å². The molecule has 1 saturated carbocycles. The van der Waals surface area contributed by atoms with E-state index in [9.17, 15) is 18.3 Å². The first-order valence-corrected chi connectivity index (χ1v) is 9.09. The highest BCUT2D eigenvalue weighted by atomic mass is 32.2. The van der Waals surface area contributed by atoms with Crippen LogP contribution in [0.5, 0.6) is 0 Å². The molecule has 3 N–H and O–H groups in total. The van der Waals surface area contributed by atoms with Gasteiger partial charge >= 0.3 is 5.97 Å². The minimum Gasteiger partial charge on any atom is -0.477 e. The average molecular weight is 333 g/mol. The van der Waals surface area contributed by atoms with Gasteiger partial charge < -0.3 is 10.2 Å². The van der Waals surface area contributed by atoms with Gasteiger partial charge in [-0.2, -0.15) is 0 Å². The maximum Gasteiger partial charge on any atom is 0.346 e. The van der Waals surface area contributed by atoms with Crippen LogP contribution in [-0.2, 0) is 10.0 Å². The van der Waals surface area contributed by atoms with Crippen molar-refractivity contribution in [2.75, 3.05) is 6.54 Å². The summed E-state index contributed by atoms with van der Waals surface area (Å²) < 4.78 is 26.8. The molecule has 21 heavy (non-hydrogen) atoms. The van der Waals surface area contributed by atoms with E-state index in [0.29, 0.717) is 18.4 Å². The molecule has 1 heterocycles. The third-order valence-electron chi connectivity index (χ3n) is 3.73. The van der Waals surface area contributed by atoms with E-state index >= 15 is 0 Å². The Morgan fingerprint density at radius 3 is 2.52 bits per heavy atom. The normalized spacial score (nSPS) is 18.6. The summed E-state index contributed by atoms with van der Waals surface area (Å²) in [6.45, 7) is 1.53. The van der Waals surface area contributed by atoms with Crippen molar-refractivity contribution >= 4 is 27.3 Å². The Kier molecular flexibility index (Phi) is 4.72. The van der Waals surface area contributed by atoms with Crippen LogP contribution < -0.4 is 4.72 Å². The number of aliphatic hydroxyl groups is 1. The molecule has 118 valence electrons. The lowest BCUT2D eigenvalue weighted by atomic mass is 9.85. The summed E-state index contributed by atoms with van der Waals surface area (Å²) >= 11 is 0.728. The predicted octanol–water partition coefficient (Wildman–Crippen LogP) is 1.73. The summed E-state index contributed by atoms with van der Waals surface area (Å²) in [5.41, 5.74) is -0.572. The summed E-state index contributed by atoms with van der Waals surface area (Å²) in [4.78, 5) is 11.0. The average Bonchev–Trinajstić information content (AvgIpc) is 2.81. The number of hydrogen-bond acceptors (Lipinski definition) is 5. The van der Waals surface area contributed by atoms with Gasteiger partial charge in [-0.15, -0.1) is 11.3 Å². The zero-order valence-corrected chi connectivity index (χ0v) is 13.4. The van der Waals surface area contributed by atoms with Crippen LogP contribution in [-0.4, -0.2) is 36.7 Å². The first-order valence-electron chi connectivity index (χ1n) is 6.79. The molecule has 0 saturated heterocycles. The molecule has 0 spiro atoms. The zero-order valence-electron chi connectivity index (χ0n) is 11.8. The predicted molar refractivity (Wildman–Crippen MR) is 79.2 cm³/mol. The Bertz CT molecular complexity index is 629. The van der Waals surface area contributed by atoms with Crippen LogP contribution in [0.2, 0.25) is 0 Å². The highest BCUT2D eigenvalue weighted by Crippen LogP contribution is 2.29. The fraction of sp³-hybridized carbons (Fsp3) is 0.615. The van der Waals surface area contributed by atoms with Gasteiger partial charge in [-0.05, 0) is 31.4 Å². The summed E-state index contributed by atoms with van der Waals surface area (Å²) in [5.74, 6) is -1.13. The van der Waals surface area contributed by atoms with Crippen LogP contribution in [0.3, 0.4) is 0 Å². The second-order valence-corrected chi connectivity index (χ2v) is 8.54.